The van der Waals surface area contributed by atoms with Crippen molar-refractivity contribution >= 4 is 23.6 Å². The largest absolute Gasteiger partial charge is 0.496 e. The second-order valence-electron chi connectivity index (χ2n) is 8.25. The van der Waals surface area contributed by atoms with Gasteiger partial charge in [-0.25, -0.2) is 0 Å². The number of carbonyl (C=O) groups is 2. The molecule has 2 N–H and O–H groups in total. The van der Waals surface area contributed by atoms with E-state index in [1.165, 1.54) is 7.11 Å². The number of para-hydroxylation sites is 2. The van der Waals surface area contributed by atoms with Crippen LogP contribution in [0.3, 0.4) is 0 Å². The smallest absolute Gasteiger partial charge is 0.255 e. The number of nitrogens with zero attached hydrogens (tertiary/aromatic N) is 1. The Morgan fingerprint density at radius 1 is 1.00 bits per heavy atom. The highest BCUT2D eigenvalue weighted by atomic mass is 32.2. The van der Waals surface area contributed by atoms with Crippen LogP contribution in [-0.4, -0.2) is 68.6 Å². The van der Waals surface area contributed by atoms with Crippen molar-refractivity contribution in [2.45, 2.75) is 31.3 Å². The molecule has 0 aliphatic carbocycles. The molecule has 184 valence electrons. The average molecular weight is 486 g/mol. The number of ether oxygens (including phenoxy) is 2. The lowest BCUT2D eigenvalue weighted by atomic mass is 10.0. The minimum absolute atomic E-state index is 0.00807. The zero-order valence-corrected chi connectivity index (χ0v) is 21.0. The molecule has 7 nitrogen and oxygen atoms in total. The first-order valence-corrected chi connectivity index (χ1v) is 13.1. The van der Waals surface area contributed by atoms with Gasteiger partial charge in [-0.15, -0.1) is 0 Å². The molecule has 8 heteroatoms. The first-order chi connectivity index (χ1) is 16.6. The molecule has 0 unspecified atom stereocenters. The van der Waals surface area contributed by atoms with Crippen molar-refractivity contribution in [2.24, 2.45) is 0 Å². The second-order valence-corrected chi connectivity index (χ2v) is 9.24. The van der Waals surface area contributed by atoms with Crippen LogP contribution in [0.4, 0.5) is 0 Å². The normalized spacial score (nSPS) is 15.4. The highest BCUT2D eigenvalue weighted by molar-refractivity contribution is 7.98. The van der Waals surface area contributed by atoms with Gasteiger partial charge in [0.15, 0.2) is 0 Å². The number of amides is 2. The Hall–Kier alpha value is -2.71. The van der Waals surface area contributed by atoms with Crippen LogP contribution in [0.25, 0.3) is 0 Å². The predicted molar refractivity (Wildman–Crippen MR) is 137 cm³/mol. The third-order valence-corrected chi connectivity index (χ3v) is 6.78. The molecular weight excluding hydrogens is 450 g/mol. The Morgan fingerprint density at radius 2 is 1.65 bits per heavy atom. The van der Waals surface area contributed by atoms with Crippen LogP contribution in [0.15, 0.2) is 48.5 Å². The van der Waals surface area contributed by atoms with E-state index in [0.29, 0.717) is 24.3 Å². The van der Waals surface area contributed by atoms with Gasteiger partial charge < -0.3 is 20.1 Å². The van der Waals surface area contributed by atoms with Crippen molar-refractivity contribution in [3.05, 3.63) is 59.7 Å². The molecule has 1 heterocycles. The molecule has 1 fully saturated rings. The number of hydrogen-bond acceptors (Lipinski definition) is 6. The van der Waals surface area contributed by atoms with Crippen LogP contribution in [0.5, 0.6) is 11.5 Å². The molecule has 1 aliphatic rings. The molecule has 0 bridgehead atoms. The van der Waals surface area contributed by atoms with Crippen molar-refractivity contribution in [1.82, 2.24) is 15.5 Å². The van der Waals surface area contributed by atoms with E-state index in [-0.39, 0.29) is 17.9 Å². The standard InChI is InChI=1S/C26H35N3O4S/c1-32-23-12-6-4-10-19(23)22(29-15-8-9-16-29)18-27-26(31)21(14-17-34-3)28-25(30)20-11-5-7-13-24(20)33-2/h4-7,10-13,21-22H,8-9,14-18H2,1-3H3,(H,27,31)(H,28,30)/t21-,22+/m1/s1. The molecule has 0 saturated carbocycles. The topological polar surface area (TPSA) is 79.9 Å². The average Bonchev–Trinajstić information content (AvgIpc) is 3.41. The molecule has 1 saturated heterocycles. The Bertz CT molecular complexity index is 949. The molecule has 0 spiro atoms. The zero-order chi connectivity index (χ0) is 24.3. The summed E-state index contributed by atoms with van der Waals surface area (Å²) >= 11 is 1.64. The van der Waals surface area contributed by atoms with E-state index >= 15 is 0 Å². The zero-order valence-electron chi connectivity index (χ0n) is 20.2. The van der Waals surface area contributed by atoms with Gasteiger partial charge in [-0.05, 0) is 62.6 Å². The van der Waals surface area contributed by atoms with Gasteiger partial charge in [-0.2, -0.15) is 11.8 Å². The maximum absolute atomic E-state index is 13.3. The Balaban J connectivity index is 1.73. The summed E-state index contributed by atoms with van der Waals surface area (Å²) in [6.45, 7) is 2.41. The summed E-state index contributed by atoms with van der Waals surface area (Å²) in [5.74, 6) is 1.55. The molecule has 2 aromatic rings. The Kier molecular flexibility index (Phi) is 10.1. The summed E-state index contributed by atoms with van der Waals surface area (Å²) in [7, 11) is 3.20. The molecule has 2 amide bonds. The number of likely N-dealkylation sites (tertiary alicyclic amines) is 1. The van der Waals surface area contributed by atoms with E-state index in [1.807, 2.05) is 30.5 Å². The van der Waals surface area contributed by atoms with Gasteiger partial charge in [0.25, 0.3) is 5.91 Å². The van der Waals surface area contributed by atoms with Gasteiger partial charge in [0.2, 0.25) is 5.91 Å². The van der Waals surface area contributed by atoms with E-state index in [1.54, 1.807) is 37.1 Å². The minimum atomic E-state index is -0.637. The molecule has 1 aliphatic heterocycles. The summed E-state index contributed by atoms with van der Waals surface area (Å²) in [5.41, 5.74) is 1.47. The van der Waals surface area contributed by atoms with Crippen LogP contribution < -0.4 is 20.1 Å². The lowest BCUT2D eigenvalue weighted by Crippen LogP contribution is -2.49. The van der Waals surface area contributed by atoms with E-state index < -0.39 is 6.04 Å². The first-order valence-electron chi connectivity index (χ1n) is 11.7. The van der Waals surface area contributed by atoms with Gasteiger partial charge in [0.05, 0.1) is 25.8 Å². The van der Waals surface area contributed by atoms with Crippen molar-refractivity contribution in [2.75, 3.05) is 45.9 Å². The number of benzene rings is 2. The van der Waals surface area contributed by atoms with Gasteiger partial charge in [0.1, 0.15) is 17.5 Å². The fraction of sp³-hybridized carbons (Fsp3) is 0.462. The molecule has 2 atom stereocenters. The summed E-state index contributed by atoms with van der Waals surface area (Å²) < 4.78 is 10.9. The number of nitrogens with one attached hydrogen (secondary N) is 2. The fourth-order valence-electron chi connectivity index (χ4n) is 4.32. The van der Waals surface area contributed by atoms with E-state index in [9.17, 15) is 9.59 Å². The van der Waals surface area contributed by atoms with Gasteiger partial charge in [-0.3, -0.25) is 14.5 Å². The Morgan fingerprint density at radius 3 is 2.32 bits per heavy atom. The van der Waals surface area contributed by atoms with Gasteiger partial charge >= 0.3 is 0 Å². The summed E-state index contributed by atoms with van der Waals surface area (Å²) in [6, 6.07) is 14.4. The number of thioether (sulfide) groups is 1. The third-order valence-electron chi connectivity index (χ3n) is 6.13. The molecular formula is C26H35N3O4S. The number of carbonyl (C=O) groups excluding carboxylic acids is 2. The monoisotopic (exact) mass is 485 g/mol. The third kappa shape index (κ3) is 6.67. The maximum Gasteiger partial charge on any atom is 0.255 e. The van der Waals surface area contributed by atoms with E-state index in [0.717, 1.165) is 43.0 Å². The molecule has 2 aromatic carbocycles. The van der Waals surface area contributed by atoms with Crippen LogP contribution in [-0.2, 0) is 4.79 Å². The van der Waals surface area contributed by atoms with Crippen LogP contribution in [0, 0.1) is 0 Å². The lowest BCUT2D eigenvalue weighted by molar-refractivity contribution is -0.123. The molecule has 34 heavy (non-hydrogen) atoms. The van der Waals surface area contributed by atoms with Crippen molar-refractivity contribution in [3.63, 3.8) is 0 Å². The summed E-state index contributed by atoms with van der Waals surface area (Å²) in [4.78, 5) is 28.6. The highest BCUT2D eigenvalue weighted by Crippen LogP contribution is 2.31. The quantitative estimate of drug-likeness (QED) is 0.479. The van der Waals surface area contributed by atoms with E-state index in [4.69, 9.17) is 9.47 Å². The van der Waals surface area contributed by atoms with Crippen molar-refractivity contribution in [3.8, 4) is 11.5 Å². The predicted octanol–water partition coefficient (Wildman–Crippen LogP) is 3.51. The van der Waals surface area contributed by atoms with E-state index in [2.05, 4.69) is 21.6 Å². The SMILES string of the molecule is COc1ccccc1C(=O)N[C@H](CCSC)C(=O)NC[C@@H](c1ccccc1OC)N1CCCC1. The first kappa shape index (κ1) is 25.9. The van der Waals surface area contributed by atoms with Crippen LogP contribution >= 0.6 is 11.8 Å². The molecule has 3 rings (SSSR count). The van der Waals surface area contributed by atoms with Crippen LogP contribution in [0.2, 0.25) is 0 Å². The number of rotatable bonds is 12. The molecule has 0 aromatic heterocycles. The van der Waals surface area contributed by atoms with Crippen molar-refractivity contribution < 1.29 is 19.1 Å². The Labute approximate surface area is 206 Å². The van der Waals surface area contributed by atoms with Gasteiger partial charge in [-0.1, -0.05) is 30.3 Å². The summed E-state index contributed by atoms with van der Waals surface area (Å²) in [5, 5.41) is 6.03. The van der Waals surface area contributed by atoms with Crippen LogP contribution in [0.1, 0.15) is 41.2 Å². The van der Waals surface area contributed by atoms with Gasteiger partial charge in [0, 0.05) is 12.1 Å². The lowest BCUT2D eigenvalue weighted by Gasteiger charge is -2.30. The fourth-order valence-corrected chi connectivity index (χ4v) is 4.80. The summed E-state index contributed by atoms with van der Waals surface area (Å²) in [6.07, 6.45) is 4.81. The number of methoxy groups -OCH3 is 2. The van der Waals surface area contributed by atoms with Crippen molar-refractivity contribution in [1.29, 1.82) is 0 Å². The second kappa shape index (κ2) is 13.2. The maximum atomic E-state index is 13.3. The molecule has 0 radical (unpaired) electrons. The number of hydrogen-bond donors (Lipinski definition) is 2. The minimum Gasteiger partial charge on any atom is -0.496 e. The highest BCUT2D eigenvalue weighted by Gasteiger charge is 2.28.